The molecule has 0 aliphatic carbocycles. The summed E-state index contributed by atoms with van der Waals surface area (Å²) in [5.74, 6) is 0. The van der Waals surface area contributed by atoms with Crippen LogP contribution in [0.15, 0.2) is 103 Å². The van der Waals surface area contributed by atoms with Crippen molar-refractivity contribution in [3.05, 3.63) is 114 Å². The van der Waals surface area contributed by atoms with Crippen LogP contribution in [-0.2, 0) is 12.5 Å². The molecule has 0 bridgehead atoms. The number of allylic oxidation sites excluding steroid dienone is 5. The number of nitrogens with zero attached hydrogens (tertiary/aromatic N) is 2. The molecule has 0 atom stereocenters. The maximum Gasteiger partial charge on any atom is 0.213 e. The molecule has 5 rings (SSSR count). The van der Waals surface area contributed by atoms with Gasteiger partial charge in [0.15, 0.2) is 0 Å². The minimum atomic E-state index is -0.0000176. The van der Waals surface area contributed by atoms with Gasteiger partial charge in [0.25, 0.3) is 0 Å². The molecule has 0 radical (unpaired) electrons. The minimum absolute atomic E-state index is 0. The van der Waals surface area contributed by atoms with Crippen molar-refractivity contribution in [2.24, 2.45) is 7.05 Å². The largest absolute Gasteiger partial charge is 1.00 e. The third-order valence-corrected chi connectivity index (χ3v) is 6.79. The number of hydrogen-bond donors (Lipinski definition) is 0. The summed E-state index contributed by atoms with van der Waals surface area (Å²) in [6.07, 6.45) is 10.9. The third-order valence-electron chi connectivity index (χ3n) is 6.79. The van der Waals surface area contributed by atoms with Gasteiger partial charge in [0.2, 0.25) is 11.0 Å². The highest BCUT2D eigenvalue weighted by Crippen LogP contribution is 2.46. The van der Waals surface area contributed by atoms with Crippen LogP contribution in [0.25, 0.3) is 27.9 Å². The Balaban J connectivity index is 0.00000259. The Morgan fingerprint density at radius 2 is 1.33 bits per heavy atom. The summed E-state index contributed by atoms with van der Waals surface area (Å²) in [6, 6.07) is 25.9. The van der Waals surface area contributed by atoms with Crippen LogP contribution in [-0.4, -0.2) is 7.05 Å². The van der Waals surface area contributed by atoms with Crippen LogP contribution < -0.4 is 33.4 Å². The lowest BCUT2D eigenvalue weighted by Gasteiger charge is -2.23. The molecule has 0 unspecified atom stereocenters. The number of benzene rings is 3. The highest BCUT2D eigenvalue weighted by Gasteiger charge is 2.37. The second kappa shape index (κ2) is 9.14. The summed E-state index contributed by atoms with van der Waals surface area (Å²) in [6.45, 7) is 4.60. The molecule has 33 heavy (non-hydrogen) atoms. The van der Waals surface area contributed by atoms with Gasteiger partial charge in [-0.3, -0.25) is 0 Å². The van der Waals surface area contributed by atoms with Crippen LogP contribution in [0.5, 0.6) is 0 Å². The van der Waals surface area contributed by atoms with Gasteiger partial charge in [0.1, 0.15) is 7.05 Å². The van der Waals surface area contributed by atoms with Crippen LogP contribution in [0.1, 0.15) is 25.0 Å². The molecule has 1 aliphatic heterocycles. The van der Waals surface area contributed by atoms with Crippen molar-refractivity contribution in [2.45, 2.75) is 19.3 Å². The Morgan fingerprint density at radius 1 is 0.758 bits per heavy atom. The molecule has 166 valence electrons. The summed E-state index contributed by atoms with van der Waals surface area (Å²) in [4.78, 5) is 2.31. The van der Waals surface area contributed by atoms with Gasteiger partial charge in [-0.1, -0.05) is 80.6 Å². The number of fused-ring (bicyclic) bond motifs is 3. The summed E-state index contributed by atoms with van der Waals surface area (Å²) in [7, 11) is 4.30. The zero-order valence-corrected chi connectivity index (χ0v) is 21.7. The van der Waals surface area contributed by atoms with E-state index in [1.54, 1.807) is 0 Å². The second-order valence-electron chi connectivity index (χ2n) is 9.00. The van der Waals surface area contributed by atoms with Crippen LogP contribution in [0.4, 0.5) is 5.69 Å². The molecule has 0 saturated carbocycles. The fourth-order valence-electron chi connectivity index (χ4n) is 5.11. The monoisotopic (exact) mass is 544 g/mol. The van der Waals surface area contributed by atoms with Gasteiger partial charge in [-0.25, -0.2) is 0 Å². The first-order valence-corrected chi connectivity index (χ1v) is 11.2. The van der Waals surface area contributed by atoms with E-state index in [1.807, 2.05) is 0 Å². The highest BCUT2D eigenvalue weighted by molar-refractivity contribution is 6.00. The number of likely N-dealkylation sites (N-methyl/N-ethyl adjacent to an activating group) is 1. The van der Waals surface area contributed by atoms with E-state index < -0.39 is 0 Å². The van der Waals surface area contributed by atoms with Gasteiger partial charge in [-0.2, -0.15) is 4.57 Å². The molecule has 3 aromatic carbocycles. The Morgan fingerprint density at radius 3 is 1.97 bits per heavy atom. The number of aryl methyl sites for hydroxylation is 1. The van der Waals surface area contributed by atoms with Crippen molar-refractivity contribution in [1.29, 1.82) is 0 Å². The maximum absolute atomic E-state index is 2.31. The summed E-state index contributed by atoms with van der Waals surface area (Å²) < 4.78 is 2.28. The van der Waals surface area contributed by atoms with E-state index in [4.69, 9.17) is 0 Å². The van der Waals surface area contributed by atoms with E-state index in [-0.39, 0.29) is 29.4 Å². The van der Waals surface area contributed by atoms with E-state index in [0.29, 0.717) is 0 Å². The van der Waals surface area contributed by atoms with E-state index in [0.717, 1.165) is 0 Å². The van der Waals surface area contributed by atoms with Gasteiger partial charge in [-0.15, -0.1) is 0 Å². The molecule has 0 amide bonds. The molecular formula is C30H29IN2. The molecule has 3 heteroatoms. The molecule has 0 spiro atoms. The molecular weight excluding hydrogens is 515 g/mol. The number of para-hydroxylation sites is 3. The Kier molecular flexibility index (Phi) is 6.44. The topological polar surface area (TPSA) is 7.12 Å². The quantitative estimate of drug-likeness (QED) is 0.165. The Hall–Kier alpha value is -2.92. The minimum Gasteiger partial charge on any atom is -1.00 e. The van der Waals surface area contributed by atoms with Crippen LogP contribution in [0.3, 0.4) is 0 Å². The summed E-state index contributed by atoms with van der Waals surface area (Å²) in [5, 5.41) is 2.53. The predicted octanol–water partition coefficient (Wildman–Crippen LogP) is 3.70. The van der Waals surface area contributed by atoms with Crippen molar-refractivity contribution >= 4 is 33.6 Å². The van der Waals surface area contributed by atoms with Crippen molar-refractivity contribution in [1.82, 2.24) is 0 Å². The summed E-state index contributed by atoms with van der Waals surface area (Å²) >= 11 is 0. The number of pyridine rings is 1. The molecule has 1 aliphatic rings. The van der Waals surface area contributed by atoms with E-state index in [9.17, 15) is 0 Å². The first-order valence-electron chi connectivity index (χ1n) is 11.2. The zero-order valence-electron chi connectivity index (χ0n) is 19.6. The van der Waals surface area contributed by atoms with Crippen molar-refractivity contribution in [3.8, 4) is 0 Å². The smallest absolute Gasteiger partial charge is 0.213 e. The van der Waals surface area contributed by atoms with E-state index in [1.165, 1.54) is 44.3 Å². The zero-order chi connectivity index (χ0) is 22.3. The van der Waals surface area contributed by atoms with Gasteiger partial charge < -0.3 is 28.9 Å². The fraction of sp³-hybridized carbons (Fsp3) is 0.167. The van der Waals surface area contributed by atoms with Crippen molar-refractivity contribution in [3.63, 3.8) is 0 Å². The maximum atomic E-state index is 2.31. The SMILES string of the molecule is CN1\C(=C/C=C/C=C/c2c3ccccc3[n+](C)c3ccccc23)C(C)(C)c2ccccc21.[I-]. The molecule has 2 nitrogen and oxygen atoms in total. The van der Waals surface area contributed by atoms with Gasteiger partial charge in [0, 0.05) is 41.5 Å². The Labute approximate surface area is 213 Å². The number of aromatic nitrogens is 1. The van der Waals surface area contributed by atoms with Crippen LogP contribution in [0.2, 0.25) is 0 Å². The van der Waals surface area contributed by atoms with Gasteiger partial charge in [-0.05, 0) is 29.8 Å². The van der Waals surface area contributed by atoms with E-state index >= 15 is 0 Å². The first kappa shape index (κ1) is 23.2. The number of rotatable bonds is 3. The average molecular weight is 544 g/mol. The lowest BCUT2D eigenvalue weighted by molar-refractivity contribution is -0.617. The molecule has 0 saturated heterocycles. The summed E-state index contributed by atoms with van der Waals surface area (Å²) in [5.41, 5.74) is 7.73. The molecule has 0 fully saturated rings. The normalized spacial score (nSPS) is 16.2. The Bertz CT molecular complexity index is 1370. The first-order chi connectivity index (χ1) is 15.5. The van der Waals surface area contributed by atoms with Crippen LogP contribution >= 0.6 is 0 Å². The van der Waals surface area contributed by atoms with Crippen molar-refractivity contribution < 1.29 is 28.5 Å². The molecule has 0 N–H and O–H groups in total. The second-order valence-corrected chi connectivity index (χ2v) is 9.00. The third kappa shape index (κ3) is 3.89. The van der Waals surface area contributed by atoms with Crippen molar-refractivity contribution in [2.75, 3.05) is 11.9 Å². The predicted molar refractivity (Wildman–Crippen MR) is 137 cm³/mol. The highest BCUT2D eigenvalue weighted by atomic mass is 127. The van der Waals surface area contributed by atoms with Gasteiger partial charge in [0.05, 0.1) is 10.8 Å². The fourth-order valence-corrected chi connectivity index (χ4v) is 5.11. The van der Waals surface area contributed by atoms with Gasteiger partial charge >= 0.3 is 0 Å². The molecule has 2 heterocycles. The average Bonchev–Trinajstić information content (AvgIpc) is 3.01. The standard InChI is InChI=1S/C30H29N2.HI/c1-30(2)25-17-10-13-20-28(25)32(4)29(30)21-7-5-6-14-22-23-15-8-11-18-26(23)31(3)27-19-12-9-16-24(22)27;/h5-21H,1-4H3;1H/q+1;/p-1. The molecule has 4 aromatic rings. The lowest BCUT2D eigenvalue weighted by Crippen LogP contribution is -3.00. The number of hydrogen-bond acceptors (Lipinski definition) is 1. The number of anilines is 1. The molecule has 1 aromatic heterocycles. The van der Waals surface area contributed by atoms with Crippen LogP contribution in [0, 0.1) is 0 Å². The van der Waals surface area contributed by atoms with E-state index in [2.05, 4.69) is 141 Å². The lowest BCUT2D eigenvalue weighted by atomic mass is 9.84. The number of halogens is 1.